The van der Waals surface area contributed by atoms with Crippen molar-refractivity contribution in [2.24, 2.45) is 18.4 Å². The number of carbonyl (C=O) groups excluding carboxylic acids is 1. The van der Waals surface area contributed by atoms with Crippen molar-refractivity contribution >= 4 is 5.91 Å². The van der Waals surface area contributed by atoms with Gasteiger partial charge in [-0.2, -0.15) is 10.4 Å². The lowest BCUT2D eigenvalue weighted by Crippen LogP contribution is -2.48. The largest absolute Gasteiger partial charge is 0.354 e. The zero-order valence-electron chi connectivity index (χ0n) is 10.8. The summed E-state index contributed by atoms with van der Waals surface area (Å²) in [6.07, 6.45) is 3.93. The van der Waals surface area contributed by atoms with Crippen LogP contribution in [0.4, 0.5) is 0 Å². The Balaban J connectivity index is 1.80. The molecule has 1 saturated carbocycles. The Hall–Kier alpha value is -1.83. The van der Waals surface area contributed by atoms with Gasteiger partial charge >= 0.3 is 0 Å². The molecule has 0 atom stereocenters. The van der Waals surface area contributed by atoms with Gasteiger partial charge in [0.05, 0.1) is 11.8 Å². The van der Waals surface area contributed by atoms with Crippen molar-refractivity contribution < 1.29 is 4.79 Å². The van der Waals surface area contributed by atoms with Gasteiger partial charge < -0.3 is 5.32 Å². The summed E-state index contributed by atoms with van der Waals surface area (Å²) in [5.74, 6) is 0.352. The molecule has 1 N–H and O–H groups in total. The van der Waals surface area contributed by atoms with Crippen LogP contribution in [0.1, 0.15) is 25.5 Å². The fourth-order valence-corrected chi connectivity index (χ4v) is 2.53. The van der Waals surface area contributed by atoms with E-state index in [1.54, 1.807) is 4.68 Å². The van der Waals surface area contributed by atoms with Gasteiger partial charge in [0.15, 0.2) is 0 Å². The summed E-state index contributed by atoms with van der Waals surface area (Å²) in [6.45, 7) is 2.60. The number of nitrogens with zero attached hydrogens (tertiary/aromatic N) is 3. The molecule has 0 aromatic carbocycles. The van der Waals surface area contributed by atoms with Gasteiger partial charge in [-0.15, -0.1) is 0 Å². The highest BCUT2D eigenvalue weighted by Gasteiger charge is 2.48. The molecule has 0 spiro atoms. The van der Waals surface area contributed by atoms with Gasteiger partial charge in [0, 0.05) is 26.2 Å². The van der Waals surface area contributed by atoms with Gasteiger partial charge in [0.1, 0.15) is 5.41 Å². The number of aryl methyl sites for hydroxylation is 1. The number of nitriles is 1. The molecule has 0 saturated heterocycles. The normalized spacial score (nSPS) is 26.2. The number of rotatable bonds is 4. The molecule has 1 aliphatic rings. The number of amides is 1. The zero-order chi connectivity index (χ0) is 13.2. The average molecular weight is 246 g/mol. The highest BCUT2D eigenvalue weighted by atomic mass is 16.2. The molecule has 0 aliphatic heterocycles. The molecule has 0 radical (unpaired) electrons. The third-order valence-corrected chi connectivity index (χ3v) is 3.48. The minimum absolute atomic E-state index is 0.126. The lowest BCUT2D eigenvalue weighted by Gasteiger charge is -2.39. The van der Waals surface area contributed by atoms with Crippen LogP contribution in [0.25, 0.3) is 0 Å². The molecule has 96 valence electrons. The Kier molecular flexibility index (Phi) is 3.37. The Labute approximate surface area is 107 Å². The van der Waals surface area contributed by atoms with E-state index in [1.165, 1.54) is 0 Å². The molecule has 1 aromatic rings. The number of hydrogen-bond acceptors (Lipinski definition) is 3. The topological polar surface area (TPSA) is 70.7 Å². The molecular formula is C13H18N4O. The molecule has 5 nitrogen and oxygen atoms in total. The van der Waals surface area contributed by atoms with Crippen LogP contribution in [0.15, 0.2) is 12.3 Å². The molecule has 1 fully saturated rings. The van der Waals surface area contributed by atoms with Gasteiger partial charge in [-0.3, -0.25) is 9.48 Å². The van der Waals surface area contributed by atoms with Crippen molar-refractivity contribution in [3.63, 3.8) is 0 Å². The molecular weight excluding hydrogens is 228 g/mol. The summed E-state index contributed by atoms with van der Waals surface area (Å²) in [6, 6.07) is 4.09. The van der Waals surface area contributed by atoms with Crippen LogP contribution in [0.2, 0.25) is 0 Å². The number of carbonyl (C=O) groups is 1. The lowest BCUT2D eigenvalue weighted by atomic mass is 9.63. The molecule has 2 rings (SSSR count). The van der Waals surface area contributed by atoms with E-state index in [9.17, 15) is 4.79 Å². The first-order chi connectivity index (χ1) is 8.55. The molecule has 18 heavy (non-hydrogen) atoms. The van der Waals surface area contributed by atoms with Crippen LogP contribution < -0.4 is 5.32 Å². The standard InChI is InChI=1S/C13H18N4O/c1-10-7-13(8-10,9-14)12(18)15-5-3-11-4-6-17(2)16-11/h4,6,10H,3,5,7-8H2,1-2H3,(H,15,18). The predicted octanol–water partition coefficient (Wildman–Crippen LogP) is 1.02. The Bertz CT molecular complexity index is 479. The smallest absolute Gasteiger partial charge is 0.240 e. The van der Waals surface area contributed by atoms with Gasteiger partial charge in [0.25, 0.3) is 0 Å². The van der Waals surface area contributed by atoms with Gasteiger partial charge in [-0.25, -0.2) is 0 Å². The van der Waals surface area contributed by atoms with Gasteiger partial charge in [0.2, 0.25) is 5.91 Å². The van der Waals surface area contributed by atoms with Crippen LogP contribution in [-0.4, -0.2) is 22.2 Å². The summed E-state index contributed by atoms with van der Waals surface area (Å²) in [5.41, 5.74) is 0.176. The first-order valence-electron chi connectivity index (χ1n) is 6.24. The quantitative estimate of drug-likeness (QED) is 0.862. The first-order valence-corrected chi connectivity index (χ1v) is 6.24. The fraction of sp³-hybridized carbons (Fsp3) is 0.615. The van der Waals surface area contributed by atoms with Crippen molar-refractivity contribution in [1.29, 1.82) is 5.26 Å². The monoisotopic (exact) mass is 246 g/mol. The number of hydrogen-bond donors (Lipinski definition) is 1. The summed E-state index contributed by atoms with van der Waals surface area (Å²) in [7, 11) is 1.86. The van der Waals surface area contributed by atoms with Crippen LogP contribution >= 0.6 is 0 Å². The van der Waals surface area contributed by atoms with E-state index in [0.29, 0.717) is 31.7 Å². The molecule has 1 aliphatic carbocycles. The minimum Gasteiger partial charge on any atom is -0.354 e. The highest BCUT2D eigenvalue weighted by molar-refractivity contribution is 5.86. The van der Waals surface area contributed by atoms with E-state index < -0.39 is 5.41 Å². The van der Waals surface area contributed by atoms with E-state index >= 15 is 0 Å². The van der Waals surface area contributed by atoms with E-state index in [-0.39, 0.29) is 5.91 Å². The maximum Gasteiger partial charge on any atom is 0.240 e. The summed E-state index contributed by atoms with van der Waals surface area (Å²) >= 11 is 0. The Morgan fingerprint density at radius 2 is 2.44 bits per heavy atom. The second-order valence-electron chi connectivity index (χ2n) is 5.19. The van der Waals surface area contributed by atoms with Gasteiger partial charge in [-0.1, -0.05) is 6.92 Å². The Morgan fingerprint density at radius 3 is 2.94 bits per heavy atom. The molecule has 0 unspecified atom stereocenters. The maximum atomic E-state index is 12.0. The second kappa shape index (κ2) is 4.81. The van der Waals surface area contributed by atoms with Crippen LogP contribution in [0.5, 0.6) is 0 Å². The minimum atomic E-state index is -0.774. The number of nitrogens with one attached hydrogen (secondary N) is 1. The van der Waals surface area contributed by atoms with E-state index in [0.717, 1.165) is 5.69 Å². The fourth-order valence-electron chi connectivity index (χ4n) is 2.53. The molecule has 1 heterocycles. The first kappa shape index (κ1) is 12.6. The molecule has 0 bridgehead atoms. The number of aromatic nitrogens is 2. The molecule has 1 aromatic heterocycles. The molecule has 1 amide bonds. The maximum absolute atomic E-state index is 12.0. The van der Waals surface area contributed by atoms with Crippen LogP contribution in [-0.2, 0) is 18.3 Å². The lowest BCUT2D eigenvalue weighted by molar-refractivity contribution is -0.133. The summed E-state index contributed by atoms with van der Waals surface area (Å²) in [5, 5.41) is 16.2. The van der Waals surface area contributed by atoms with Crippen molar-refractivity contribution in [3.05, 3.63) is 18.0 Å². The van der Waals surface area contributed by atoms with E-state index in [2.05, 4.69) is 23.4 Å². The predicted molar refractivity (Wildman–Crippen MR) is 66.4 cm³/mol. The van der Waals surface area contributed by atoms with E-state index in [4.69, 9.17) is 5.26 Å². The Morgan fingerprint density at radius 1 is 1.72 bits per heavy atom. The third-order valence-electron chi connectivity index (χ3n) is 3.48. The third kappa shape index (κ3) is 2.37. The summed E-state index contributed by atoms with van der Waals surface area (Å²) in [4.78, 5) is 12.0. The SMILES string of the molecule is CC1CC(C#N)(C(=O)NCCc2ccn(C)n2)C1. The van der Waals surface area contributed by atoms with Gasteiger partial charge in [-0.05, 0) is 24.8 Å². The van der Waals surface area contributed by atoms with Crippen LogP contribution in [0.3, 0.4) is 0 Å². The summed E-state index contributed by atoms with van der Waals surface area (Å²) < 4.78 is 1.74. The van der Waals surface area contributed by atoms with E-state index in [1.807, 2.05) is 19.3 Å². The average Bonchev–Trinajstić information content (AvgIpc) is 2.70. The molecule has 5 heteroatoms. The van der Waals surface area contributed by atoms with Crippen molar-refractivity contribution in [2.45, 2.75) is 26.2 Å². The zero-order valence-corrected chi connectivity index (χ0v) is 10.8. The highest BCUT2D eigenvalue weighted by Crippen LogP contribution is 2.44. The van der Waals surface area contributed by atoms with Crippen LogP contribution in [0, 0.1) is 22.7 Å². The second-order valence-corrected chi connectivity index (χ2v) is 5.19. The van der Waals surface area contributed by atoms with Crippen molar-refractivity contribution in [2.75, 3.05) is 6.54 Å². The van der Waals surface area contributed by atoms with Crippen molar-refractivity contribution in [3.8, 4) is 6.07 Å². The van der Waals surface area contributed by atoms with Crippen molar-refractivity contribution in [1.82, 2.24) is 15.1 Å².